The van der Waals surface area contributed by atoms with E-state index in [9.17, 15) is 16.8 Å². The number of sulfone groups is 1. The fourth-order valence-corrected chi connectivity index (χ4v) is 5.42. The van der Waals surface area contributed by atoms with Crippen LogP contribution in [0.1, 0.15) is 17.0 Å². The molecule has 0 unspecified atom stereocenters. The van der Waals surface area contributed by atoms with Crippen LogP contribution in [0, 0.1) is 0 Å². The molecule has 0 aliphatic carbocycles. The van der Waals surface area contributed by atoms with Crippen molar-refractivity contribution in [2.75, 3.05) is 0 Å². The summed E-state index contributed by atoms with van der Waals surface area (Å²) in [6.45, 7) is 0. The second kappa shape index (κ2) is 8.70. The molecule has 0 amide bonds. The Balaban J connectivity index is 1.78. The lowest BCUT2D eigenvalue weighted by Gasteiger charge is -2.12. The largest absolute Gasteiger partial charge is 0.249 e. The molecule has 4 rings (SSSR count). The van der Waals surface area contributed by atoms with E-state index in [0.717, 1.165) is 4.47 Å². The summed E-state index contributed by atoms with van der Waals surface area (Å²) in [5.41, 5.74) is 2.59. The lowest BCUT2D eigenvalue weighted by atomic mass is 10.1. The van der Waals surface area contributed by atoms with E-state index in [1.165, 1.54) is 24.3 Å². The maximum atomic E-state index is 13.1. The summed E-state index contributed by atoms with van der Waals surface area (Å²) >= 11 is 3.31. The molecule has 0 saturated heterocycles. The second-order valence-electron chi connectivity index (χ2n) is 7.19. The van der Waals surface area contributed by atoms with E-state index in [2.05, 4.69) is 25.9 Å². The summed E-state index contributed by atoms with van der Waals surface area (Å²) in [5.74, 6) is -0.337. The topological polar surface area (TPSA) is 120 Å². The molecule has 1 heterocycles. The van der Waals surface area contributed by atoms with Gasteiger partial charge in [-0.1, -0.05) is 40.2 Å². The smallest absolute Gasteiger partial charge is 0.238 e. The number of sulfonamides is 1. The lowest BCUT2D eigenvalue weighted by molar-refractivity contribution is 0.593. The summed E-state index contributed by atoms with van der Waals surface area (Å²) in [7, 11) is -7.55. The first-order valence-corrected chi connectivity index (χ1v) is 13.5. The van der Waals surface area contributed by atoms with Crippen molar-refractivity contribution < 1.29 is 16.8 Å². The zero-order chi connectivity index (χ0) is 22.9. The van der Waals surface area contributed by atoms with Crippen LogP contribution in [0.25, 0.3) is 11.0 Å². The summed E-state index contributed by atoms with van der Waals surface area (Å²) in [5, 5.41) is 5.24. The van der Waals surface area contributed by atoms with Gasteiger partial charge in [-0.2, -0.15) is 0 Å². The molecule has 0 radical (unpaired) electrons. The van der Waals surface area contributed by atoms with Crippen LogP contribution in [0.15, 0.2) is 87.1 Å². The Bertz CT molecular complexity index is 1520. The van der Waals surface area contributed by atoms with Crippen molar-refractivity contribution in [3.63, 3.8) is 0 Å². The minimum absolute atomic E-state index is 0.0206. The minimum Gasteiger partial charge on any atom is -0.249 e. The van der Waals surface area contributed by atoms with Crippen LogP contribution in [0.4, 0.5) is 0 Å². The summed E-state index contributed by atoms with van der Waals surface area (Å²) in [4.78, 5) is 9.37. The van der Waals surface area contributed by atoms with Gasteiger partial charge in [-0.15, -0.1) is 0 Å². The normalized spacial score (nSPS) is 12.2. The van der Waals surface area contributed by atoms with Crippen LogP contribution in [0.5, 0.6) is 0 Å². The van der Waals surface area contributed by atoms with Gasteiger partial charge in [0, 0.05) is 10.9 Å². The molecule has 0 aliphatic rings. The number of primary sulfonamides is 1. The van der Waals surface area contributed by atoms with E-state index in [4.69, 9.17) is 5.14 Å². The number of rotatable bonds is 6. The van der Waals surface area contributed by atoms with Crippen LogP contribution >= 0.6 is 15.9 Å². The molecule has 0 spiro atoms. The molecule has 3 aromatic carbocycles. The Labute approximate surface area is 194 Å². The van der Waals surface area contributed by atoms with Gasteiger partial charge in [0.15, 0.2) is 9.84 Å². The fourth-order valence-electron chi connectivity index (χ4n) is 3.26. The highest BCUT2D eigenvalue weighted by atomic mass is 79.9. The number of fused-ring (bicyclic) bond motifs is 1. The summed E-state index contributed by atoms with van der Waals surface area (Å²) in [6, 6.07) is 19.8. The maximum Gasteiger partial charge on any atom is 0.238 e. The molecule has 1 aromatic heterocycles. The van der Waals surface area contributed by atoms with Crippen LogP contribution in [-0.2, 0) is 32.0 Å². The molecule has 164 valence electrons. The van der Waals surface area contributed by atoms with Gasteiger partial charge < -0.3 is 0 Å². The van der Waals surface area contributed by atoms with Crippen molar-refractivity contribution in [3.05, 3.63) is 94.2 Å². The predicted molar refractivity (Wildman–Crippen MR) is 125 cm³/mol. The van der Waals surface area contributed by atoms with Crippen LogP contribution in [-0.4, -0.2) is 26.8 Å². The molecule has 32 heavy (non-hydrogen) atoms. The first-order chi connectivity index (χ1) is 15.1. The van der Waals surface area contributed by atoms with Crippen molar-refractivity contribution in [1.82, 2.24) is 9.97 Å². The van der Waals surface area contributed by atoms with Gasteiger partial charge in [0.2, 0.25) is 10.0 Å². The average molecular weight is 532 g/mol. The van der Waals surface area contributed by atoms with Crippen molar-refractivity contribution in [2.24, 2.45) is 5.14 Å². The van der Waals surface area contributed by atoms with Crippen molar-refractivity contribution in [2.45, 2.75) is 22.0 Å². The maximum absolute atomic E-state index is 13.1. The Morgan fingerprint density at radius 2 is 1.38 bits per heavy atom. The molecule has 0 aliphatic heterocycles. The van der Waals surface area contributed by atoms with Gasteiger partial charge in [0.1, 0.15) is 0 Å². The summed E-state index contributed by atoms with van der Waals surface area (Å²) < 4.78 is 50.3. The number of hydrogen-bond acceptors (Lipinski definition) is 6. The van der Waals surface area contributed by atoms with Crippen molar-refractivity contribution in [3.8, 4) is 0 Å². The van der Waals surface area contributed by atoms with Gasteiger partial charge in [0.25, 0.3) is 0 Å². The molecular formula is C22H18BrN3O4S2. The quantitative estimate of drug-likeness (QED) is 0.405. The first kappa shape index (κ1) is 22.5. The Morgan fingerprint density at radius 3 is 2.00 bits per heavy atom. The molecule has 10 heteroatoms. The zero-order valence-corrected chi connectivity index (χ0v) is 19.9. The number of nitrogens with zero attached hydrogens (tertiary/aromatic N) is 2. The van der Waals surface area contributed by atoms with Gasteiger partial charge >= 0.3 is 0 Å². The van der Waals surface area contributed by atoms with Gasteiger partial charge in [-0.3, -0.25) is 0 Å². The van der Waals surface area contributed by atoms with Gasteiger partial charge in [-0.05, 0) is 54.1 Å². The first-order valence-electron chi connectivity index (χ1n) is 9.46. The second-order valence-corrected chi connectivity index (χ2v) is 11.7. The van der Waals surface area contributed by atoms with E-state index in [1.54, 1.807) is 42.5 Å². The van der Waals surface area contributed by atoms with Crippen molar-refractivity contribution in [1.29, 1.82) is 0 Å². The fraction of sp³-hybridized carbons (Fsp3) is 0.0909. The Hall–Kier alpha value is -2.66. The Morgan fingerprint density at radius 1 is 0.750 bits per heavy atom. The van der Waals surface area contributed by atoms with E-state index >= 15 is 0 Å². The average Bonchev–Trinajstić information content (AvgIpc) is 2.74. The third-order valence-corrected chi connectivity index (χ3v) is 7.91. The number of nitrogens with two attached hydrogens (primary N) is 1. The van der Waals surface area contributed by atoms with Crippen molar-refractivity contribution >= 4 is 46.8 Å². The third kappa shape index (κ3) is 5.04. The number of halogens is 1. The van der Waals surface area contributed by atoms with Crippen LogP contribution in [0.3, 0.4) is 0 Å². The molecule has 0 fully saturated rings. The van der Waals surface area contributed by atoms with E-state index in [1.807, 2.05) is 6.07 Å². The van der Waals surface area contributed by atoms with Crippen LogP contribution < -0.4 is 5.14 Å². The molecule has 0 atom stereocenters. The summed E-state index contributed by atoms with van der Waals surface area (Å²) in [6.07, 6.45) is 0.201. The molecule has 4 aromatic rings. The van der Waals surface area contributed by atoms with E-state index in [-0.39, 0.29) is 22.0 Å². The predicted octanol–water partition coefficient (Wildman–Crippen LogP) is 3.60. The standard InChI is InChI=1S/C22H18BrN3O4S2/c23-16-8-10-17(11-9-16)31(27,28)14-22-21(25-19-6-1-2-7-20(19)26-22)13-15-4-3-5-18(12-15)32(24,29)30/h1-12H,13-14H2,(H2,24,29,30). The highest BCUT2D eigenvalue weighted by Gasteiger charge is 2.21. The highest BCUT2D eigenvalue weighted by Crippen LogP contribution is 2.23. The lowest BCUT2D eigenvalue weighted by Crippen LogP contribution is -2.13. The van der Waals surface area contributed by atoms with Gasteiger partial charge in [0.05, 0.1) is 38.0 Å². The van der Waals surface area contributed by atoms with E-state index < -0.39 is 19.9 Å². The molecule has 0 saturated carbocycles. The number of aromatic nitrogens is 2. The Kier molecular flexibility index (Phi) is 6.13. The monoisotopic (exact) mass is 531 g/mol. The van der Waals surface area contributed by atoms with Crippen LogP contribution in [0.2, 0.25) is 0 Å². The molecule has 2 N–H and O–H groups in total. The highest BCUT2D eigenvalue weighted by molar-refractivity contribution is 9.10. The van der Waals surface area contributed by atoms with E-state index in [0.29, 0.717) is 28.0 Å². The van der Waals surface area contributed by atoms with Gasteiger partial charge in [-0.25, -0.2) is 31.9 Å². The number of benzene rings is 3. The zero-order valence-electron chi connectivity index (χ0n) is 16.6. The SMILES string of the molecule is NS(=O)(=O)c1cccc(Cc2nc3ccccc3nc2CS(=O)(=O)c2ccc(Br)cc2)c1. The minimum atomic E-state index is -3.87. The third-order valence-electron chi connectivity index (χ3n) is 4.82. The molecular weight excluding hydrogens is 514 g/mol. The molecule has 0 bridgehead atoms. The number of para-hydroxylation sites is 2. The molecule has 7 nitrogen and oxygen atoms in total. The number of hydrogen-bond donors (Lipinski definition) is 1.